The molecule has 1 heterocycles. The second kappa shape index (κ2) is 7.24. The SMILES string of the molecule is O=C(N[C@H](Cc1ccccc1)C(=O)O)c1nc(Cl)ccc1Cl. The first-order valence-electron chi connectivity index (χ1n) is 6.37. The summed E-state index contributed by atoms with van der Waals surface area (Å²) in [5.41, 5.74) is 0.689. The van der Waals surface area contributed by atoms with E-state index in [4.69, 9.17) is 23.2 Å². The van der Waals surface area contributed by atoms with Gasteiger partial charge in [-0.25, -0.2) is 9.78 Å². The zero-order valence-corrected chi connectivity index (χ0v) is 12.8. The Bertz CT molecular complexity index is 692. The number of pyridine rings is 1. The molecule has 0 aliphatic rings. The summed E-state index contributed by atoms with van der Waals surface area (Å²) in [6, 6.07) is 10.8. The van der Waals surface area contributed by atoms with E-state index in [1.165, 1.54) is 12.1 Å². The number of carbonyl (C=O) groups is 2. The Balaban J connectivity index is 2.15. The van der Waals surface area contributed by atoms with Crippen LogP contribution in [0, 0.1) is 0 Å². The van der Waals surface area contributed by atoms with E-state index in [1.807, 2.05) is 6.07 Å². The Labute approximate surface area is 136 Å². The topological polar surface area (TPSA) is 79.3 Å². The van der Waals surface area contributed by atoms with Gasteiger partial charge in [-0.15, -0.1) is 0 Å². The maximum absolute atomic E-state index is 12.1. The molecule has 1 aromatic heterocycles. The number of nitrogens with zero attached hydrogens (tertiary/aromatic N) is 1. The van der Waals surface area contributed by atoms with Crippen LogP contribution in [0.1, 0.15) is 16.1 Å². The third-order valence-corrected chi connectivity index (χ3v) is 3.43. The second-order valence-electron chi connectivity index (χ2n) is 4.52. The number of aliphatic carboxylic acids is 1. The van der Waals surface area contributed by atoms with E-state index in [2.05, 4.69) is 10.3 Å². The van der Waals surface area contributed by atoms with Crippen molar-refractivity contribution in [2.45, 2.75) is 12.5 Å². The number of halogens is 2. The number of carbonyl (C=O) groups excluding carboxylic acids is 1. The van der Waals surface area contributed by atoms with Crippen LogP contribution in [0.25, 0.3) is 0 Å². The third kappa shape index (κ3) is 4.19. The molecule has 7 heteroatoms. The molecule has 0 unspecified atom stereocenters. The minimum atomic E-state index is -1.14. The van der Waals surface area contributed by atoms with Gasteiger partial charge in [0.1, 0.15) is 16.9 Å². The van der Waals surface area contributed by atoms with Crippen molar-refractivity contribution >= 4 is 35.1 Å². The summed E-state index contributed by atoms with van der Waals surface area (Å²) in [4.78, 5) is 27.3. The van der Waals surface area contributed by atoms with E-state index >= 15 is 0 Å². The highest BCUT2D eigenvalue weighted by atomic mass is 35.5. The van der Waals surface area contributed by atoms with Crippen molar-refractivity contribution in [3.05, 3.63) is 63.9 Å². The molecule has 0 spiro atoms. The van der Waals surface area contributed by atoms with Gasteiger partial charge in [0, 0.05) is 6.42 Å². The van der Waals surface area contributed by atoms with E-state index in [1.54, 1.807) is 24.3 Å². The molecule has 1 atom stereocenters. The Morgan fingerprint density at radius 2 is 1.82 bits per heavy atom. The quantitative estimate of drug-likeness (QED) is 0.821. The number of rotatable bonds is 5. The fourth-order valence-corrected chi connectivity index (χ4v) is 2.19. The average molecular weight is 339 g/mol. The van der Waals surface area contributed by atoms with E-state index in [-0.39, 0.29) is 22.3 Å². The molecule has 2 rings (SSSR count). The first-order valence-corrected chi connectivity index (χ1v) is 7.12. The van der Waals surface area contributed by atoms with Crippen molar-refractivity contribution in [1.82, 2.24) is 10.3 Å². The molecular formula is C15H12Cl2N2O3. The Hall–Kier alpha value is -2.11. The van der Waals surface area contributed by atoms with Gasteiger partial charge in [-0.3, -0.25) is 4.79 Å². The number of carboxylic acid groups (broad SMARTS) is 1. The van der Waals surface area contributed by atoms with Crippen molar-refractivity contribution in [3.63, 3.8) is 0 Å². The molecule has 0 aliphatic heterocycles. The predicted octanol–water partition coefficient (Wildman–Crippen LogP) is 2.81. The van der Waals surface area contributed by atoms with E-state index in [9.17, 15) is 14.7 Å². The Morgan fingerprint density at radius 3 is 2.45 bits per heavy atom. The molecule has 114 valence electrons. The smallest absolute Gasteiger partial charge is 0.326 e. The van der Waals surface area contributed by atoms with Gasteiger partial charge in [-0.05, 0) is 17.7 Å². The van der Waals surface area contributed by atoms with Crippen molar-refractivity contribution < 1.29 is 14.7 Å². The van der Waals surface area contributed by atoms with Crippen LogP contribution in [-0.4, -0.2) is 28.0 Å². The Kier molecular flexibility index (Phi) is 5.35. The number of nitrogens with one attached hydrogen (secondary N) is 1. The van der Waals surface area contributed by atoms with Crippen molar-refractivity contribution in [2.75, 3.05) is 0 Å². The van der Waals surface area contributed by atoms with Crippen LogP contribution in [0.5, 0.6) is 0 Å². The molecular weight excluding hydrogens is 327 g/mol. The monoisotopic (exact) mass is 338 g/mol. The number of benzene rings is 1. The third-order valence-electron chi connectivity index (χ3n) is 2.91. The van der Waals surface area contributed by atoms with Gasteiger partial charge >= 0.3 is 5.97 Å². The fourth-order valence-electron chi connectivity index (χ4n) is 1.85. The van der Waals surface area contributed by atoms with Crippen molar-refractivity contribution in [3.8, 4) is 0 Å². The maximum atomic E-state index is 12.1. The zero-order valence-electron chi connectivity index (χ0n) is 11.3. The van der Waals surface area contributed by atoms with Crippen LogP contribution in [0.3, 0.4) is 0 Å². The molecule has 0 saturated carbocycles. The second-order valence-corrected chi connectivity index (χ2v) is 5.31. The van der Waals surface area contributed by atoms with Crippen LogP contribution < -0.4 is 5.32 Å². The summed E-state index contributed by atoms with van der Waals surface area (Å²) in [6.45, 7) is 0. The van der Waals surface area contributed by atoms with Crippen LogP contribution >= 0.6 is 23.2 Å². The lowest BCUT2D eigenvalue weighted by molar-refractivity contribution is -0.139. The first-order chi connectivity index (χ1) is 10.5. The van der Waals surface area contributed by atoms with Gasteiger partial charge in [-0.2, -0.15) is 0 Å². The standard InChI is InChI=1S/C15H12Cl2N2O3/c16-10-6-7-12(17)19-13(10)14(20)18-11(15(21)22)8-9-4-2-1-3-5-9/h1-7,11H,8H2,(H,18,20)(H,21,22)/t11-/m1/s1. The summed E-state index contributed by atoms with van der Waals surface area (Å²) in [7, 11) is 0. The fraction of sp³-hybridized carbons (Fsp3) is 0.133. The summed E-state index contributed by atoms with van der Waals surface area (Å²) >= 11 is 11.6. The van der Waals surface area contributed by atoms with Crippen LogP contribution in [0.4, 0.5) is 0 Å². The number of hydrogen-bond donors (Lipinski definition) is 2. The van der Waals surface area contributed by atoms with Crippen molar-refractivity contribution in [1.29, 1.82) is 0 Å². The lowest BCUT2D eigenvalue weighted by Crippen LogP contribution is -2.42. The summed E-state index contributed by atoms with van der Waals surface area (Å²) in [5, 5.41) is 11.9. The Morgan fingerprint density at radius 1 is 1.14 bits per heavy atom. The molecule has 1 aromatic carbocycles. The van der Waals surface area contributed by atoms with E-state index in [0.29, 0.717) is 0 Å². The highest BCUT2D eigenvalue weighted by molar-refractivity contribution is 6.34. The van der Waals surface area contributed by atoms with Gasteiger partial charge in [0.05, 0.1) is 5.02 Å². The molecule has 5 nitrogen and oxygen atoms in total. The molecule has 0 aliphatic carbocycles. The molecule has 0 bridgehead atoms. The summed E-state index contributed by atoms with van der Waals surface area (Å²) < 4.78 is 0. The van der Waals surface area contributed by atoms with Gasteiger partial charge in [0.15, 0.2) is 0 Å². The molecule has 0 fully saturated rings. The van der Waals surface area contributed by atoms with Crippen molar-refractivity contribution in [2.24, 2.45) is 0 Å². The number of aromatic nitrogens is 1. The number of carboxylic acids is 1. The summed E-state index contributed by atoms with van der Waals surface area (Å²) in [5.74, 6) is -1.83. The summed E-state index contributed by atoms with van der Waals surface area (Å²) in [6.07, 6.45) is 0.153. The first kappa shape index (κ1) is 16.3. The van der Waals surface area contributed by atoms with Gasteiger partial charge in [0.2, 0.25) is 0 Å². The molecule has 2 N–H and O–H groups in total. The molecule has 2 aromatic rings. The molecule has 0 radical (unpaired) electrons. The highest BCUT2D eigenvalue weighted by Gasteiger charge is 2.23. The van der Waals surface area contributed by atoms with E-state index in [0.717, 1.165) is 5.56 Å². The minimum absolute atomic E-state index is 0.101. The maximum Gasteiger partial charge on any atom is 0.326 e. The highest BCUT2D eigenvalue weighted by Crippen LogP contribution is 2.17. The van der Waals surface area contributed by atoms with Crippen LogP contribution in [-0.2, 0) is 11.2 Å². The average Bonchev–Trinajstić information content (AvgIpc) is 2.50. The minimum Gasteiger partial charge on any atom is -0.480 e. The normalized spacial score (nSPS) is 11.7. The largest absolute Gasteiger partial charge is 0.480 e. The zero-order chi connectivity index (χ0) is 16.1. The molecule has 0 saturated heterocycles. The lowest BCUT2D eigenvalue weighted by atomic mass is 10.1. The van der Waals surface area contributed by atoms with Gasteiger partial charge in [0.25, 0.3) is 5.91 Å². The van der Waals surface area contributed by atoms with Crippen LogP contribution in [0.2, 0.25) is 10.2 Å². The van der Waals surface area contributed by atoms with E-state index < -0.39 is 17.9 Å². The number of hydrogen-bond acceptors (Lipinski definition) is 3. The van der Waals surface area contributed by atoms with Gasteiger partial charge in [-0.1, -0.05) is 53.5 Å². The molecule has 22 heavy (non-hydrogen) atoms. The molecule has 1 amide bonds. The van der Waals surface area contributed by atoms with Crippen LogP contribution in [0.15, 0.2) is 42.5 Å². The predicted molar refractivity (Wildman–Crippen MR) is 83.3 cm³/mol. The number of amides is 1. The lowest BCUT2D eigenvalue weighted by Gasteiger charge is -2.15. The van der Waals surface area contributed by atoms with Gasteiger partial charge < -0.3 is 10.4 Å².